The van der Waals surface area contributed by atoms with E-state index >= 15 is 0 Å². The molecular formula is C17H19ClFNO. The highest BCUT2D eigenvalue weighted by atomic mass is 35.5. The topological polar surface area (TPSA) is 21.3 Å². The summed E-state index contributed by atoms with van der Waals surface area (Å²) in [6, 6.07) is 12.8. The first-order valence-corrected chi connectivity index (χ1v) is 7.38. The molecule has 0 aliphatic carbocycles. The fraction of sp³-hybridized carbons (Fsp3) is 0.294. The Hall–Kier alpha value is -1.58. The van der Waals surface area contributed by atoms with Crippen molar-refractivity contribution in [2.75, 3.05) is 6.61 Å². The first kappa shape index (κ1) is 15.8. The molecule has 2 aromatic rings. The lowest BCUT2D eigenvalue weighted by molar-refractivity contribution is 0.332. The van der Waals surface area contributed by atoms with E-state index < -0.39 is 5.82 Å². The number of hydrogen-bond donors (Lipinski definition) is 1. The summed E-state index contributed by atoms with van der Waals surface area (Å²) in [7, 11) is 0. The molecular weight excluding hydrogens is 289 g/mol. The maximum atomic E-state index is 13.1. The largest absolute Gasteiger partial charge is 0.494 e. The molecule has 0 spiro atoms. The molecule has 2 rings (SSSR count). The highest BCUT2D eigenvalue weighted by Gasteiger charge is 2.11. The molecule has 0 bridgehead atoms. The molecule has 0 aliphatic rings. The molecule has 0 radical (unpaired) electrons. The first-order valence-electron chi connectivity index (χ1n) is 7.01. The van der Waals surface area contributed by atoms with Gasteiger partial charge in [-0.15, -0.1) is 0 Å². The summed E-state index contributed by atoms with van der Waals surface area (Å²) in [5.74, 6) is 0.493. The third-order valence-corrected chi connectivity index (χ3v) is 3.57. The molecule has 0 aromatic heterocycles. The van der Waals surface area contributed by atoms with Crippen molar-refractivity contribution in [2.24, 2.45) is 0 Å². The van der Waals surface area contributed by atoms with Gasteiger partial charge in [0.1, 0.15) is 11.6 Å². The van der Waals surface area contributed by atoms with E-state index in [2.05, 4.69) is 12.2 Å². The van der Waals surface area contributed by atoms with E-state index in [0.717, 1.165) is 16.9 Å². The summed E-state index contributed by atoms with van der Waals surface area (Å²) < 4.78 is 18.8. The van der Waals surface area contributed by atoms with E-state index in [0.29, 0.717) is 13.2 Å². The Morgan fingerprint density at radius 3 is 2.71 bits per heavy atom. The molecule has 2 nitrogen and oxygen atoms in total. The number of benzene rings is 2. The highest BCUT2D eigenvalue weighted by Crippen LogP contribution is 2.25. The molecule has 0 fully saturated rings. The fourth-order valence-electron chi connectivity index (χ4n) is 2.16. The molecule has 0 saturated carbocycles. The van der Waals surface area contributed by atoms with Crippen molar-refractivity contribution in [3.05, 3.63) is 64.4 Å². The predicted molar refractivity (Wildman–Crippen MR) is 84.3 cm³/mol. The number of ether oxygens (including phenoxy) is 1. The maximum absolute atomic E-state index is 13.1. The summed E-state index contributed by atoms with van der Waals surface area (Å²) in [4.78, 5) is 0. The lowest BCUT2D eigenvalue weighted by atomic mass is 10.1. The summed E-state index contributed by atoms with van der Waals surface area (Å²) in [6.07, 6.45) is 0. The van der Waals surface area contributed by atoms with Crippen LogP contribution in [-0.2, 0) is 6.54 Å². The van der Waals surface area contributed by atoms with Crippen LogP contribution in [0.3, 0.4) is 0 Å². The van der Waals surface area contributed by atoms with Gasteiger partial charge in [0.2, 0.25) is 0 Å². The fourth-order valence-corrected chi connectivity index (χ4v) is 2.36. The number of halogens is 2. The summed E-state index contributed by atoms with van der Waals surface area (Å²) in [5, 5.41) is 3.55. The zero-order valence-electron chi connectivity index (χ0n) is 12.2. The third-order valence-electron chi connectivity index (χ3n) is 3.28. The van der Waals surface area contributed by atoms with Gasteiger partial charge in [0.25, 0.3) is 0 Å². The third kappa shape index (κ3) is 4.19. The van der Waals surface area contributed by atoms with Gasteiger partial charge in [0.15, 0.2) is 0 Å². The van der Waals surface area contributed by atoms with E-state index in [1.165, 1.54) is 6.07 Å². The Labute approximate surface area is 129 Å². The van der Waals surface area contributed by atoms with Crippen LogP contribution in [0.5, 0.6) is 5.75 Å². The second-order valence-corrected chi connectivity index (χ2v) is 5.23. The van der Waals surface area contributed by atoms with E-state index in [-0.39, 0.29) is 11.1 Å². The lowest BCUT2D eigenvalue weighted by Gasteiger charge is -2.18. The van der Waals surface area contributed by atoms with Gasteiger partial charge < -0.3 is 10.1 Å². The van der Waals surface area contributed by atoms with Crippen molar-refractivity contribution in [1.82, 2.24) is 5.32 Å². The van der Waals surface area contributed by atoms with Crippen molar-refractivity contribution in [3.63, 3.8) is 0 Å². The SMILES string of the molecule is CCOc1ccccc1C(C)NCc1ccc(F)c(Cl)c1. The van der Waals surface area contributed by atoms with Crippen LogP contribution in [0, 0.1) is 5.82 Å². The van der Waals surface area contributed by atoms with Gasteiger partial charge in [-0.3, -0.25) is 0 Å². The molecule has 4 heteroatoms. The minimum atomic E-state index is -0.393. The van der Waals surface area contributed by atoms with Crippen LogP contribution in [0.15, 0.2) is 42.5 Å². The zero-order chi connectivity index (χ0) is 15.2. The minimum absolute atomic E-state index is 0.122. The van der Waals surface area contributed by atoms with Gasteiger partial charge in [-0.25, -0.2) is 4.39 Å². The van der Waals surface area contributed by atoms with Crippen LogP contribution in [0.1, 0.15) is 31.0 Å². The predicted octanol–water partition coefficient (Wildman–Crippen LogP) is 4.73. The van der Waals surface area contributed by atoms with Crippen LogP contribution < -0.4 is 10.1 Å². The minimum Gasteiger partial charge on any atom is -0.494 e. The van der Waals surface area contributed by atoms with Crippen LogP contribution in [0.2, 0.25) is 5.02 Å². The zero-order valence-corrected chi connectivity index (χ0v) is 13.0. The molecule has 0 aliphatic heterocycles. The van der Waals surface area contributed by atoms with Crippen LogP contribution >= 0.6 is 11.6 Å². The molecule has 112 valence electrons. The van der Waals surface area contributed by atoms with Gasteiger partial charge in [0, 0.05) is 18.2 Å². The Balaban J connectivity index is 2.04. The van der Waals surface area contributed by atoms with Gasteiger partial charge in [-0.1, -0.05) is 35.9 Å². The van der Waals surface area contributed by atoms with Crippen molar-refractivity contribution < 1.29 is 9.13 Å². The van der Waals surface area contributed by atoms with Crippen molar-refractivity contribution in [3.8, 4) is 5.75 Å². The molecule has 2 aromatic carbocycles. The van der Waals surface area contributed by atoms with E-state index in [1.807, 2.05) is 31.2 Å². The highest BCUT2D eigenvalue weighted by molar-refractivity contribution is 6.30. The number of rotatable bonds is 6. The second kappa shape index (κ2) is 7.43. The molecule has 1 N–H and O–H groups in total. The smallest absolute Gasteiger partial charge is 0.141 e. The van der Waals surface area contributed by atoms with Gasteiger partial charge in [0.05, 0.1) is 11.6 Å². The van der Waals surface area contributed by atoms with E-state index in [1.54, 1.807) is 12.1 Å². The van der Waals surface area contributed by atoms with Crippen molar-refractivity contribution in [2.45, 2.75) is 26.4 Å². The summed E-state index contributed by atoms with van der Waals surface area (Å²) >= 11 is 5.79. The van der Waals surface area contributed by atoms with Gasteiger partial charge in [-0.2, -0.15) is 0 Å². The molecule has 0 heterocycles. The molecule has 0 saturated heterocycles. The summed E-state index contributed by atoms with van der Waals surface area (Å²) in [5.41, 5.74) is 2.05. The Morgan fingerprint density at radius 2 is 2.00 bits per heavy atom. The Kier molecular flexibility index (Phi) is 5.59. The monoisotopic (exact) mass is 307 g/mol. The van der Waals surface area contributed by atoms with E-state index in [4.69, 9.17) is 16.3 Å². The van der Waals surface area contributed by atoms with Crippen LogP contribution in [0.4, 0.5) is 4.39 Å². The molecule has 21 heavy (non-hydrogen) atoms. The molecule has 0 amide bonds. The normalized spacial score (nSPS) is 12.2. The number of hydrogen-bond acceptors (Lipinski definition) is 2. The van der Waals surface area contributed by atoms with E-state index in [9.17, 15) is 4.39 Å². The Bertz CT molecular complexity index is 603. The molecule has 1 unspecified atom stereocenters. The van der Waals surface area contributed by atoms with Gasteiger partial charge >= 0.3 is 0 Å². The Morgan fingerprint density at radius 1 is 1.24 bits per heavy atom. The maximum Gasteiger partial charge on any atom is 0.141 e. The number of nitrogens with one attached hydrogen (secondary N) is 1. The molecule has 1 atom stereocenters. The van der Waals surface area contributed by atoms with Crippen molar-refractivity contribution in [1.29, 1.82) is 0 Å². The number of para-hydroxylation sites is 1. The van der Waals surface area contributed by atoms with Crippen molar-refractivity contribution >= 4 is 11.6 Å². The second-order valence-electron chi connectivity index (χ2n) is 4.82. The van der Waals surface area contributed by atoms with Gasteiger partial charge in [-0.05, 0) is 37.6 Å². The standard InChI is InChI=1S/C17H19ClFNO/c1-3-21-17-7-5-4-6-14(17)12(2)20-11-13-8-9-16(19)15(18)10-13/h4-10,12,20H,3,11H2,1-2H3. The van der Waals surface area contributed by atoms with Crippen LogP contribution in [0.25, 0.3) is 0 Å². The summed E-state index contributed by atoms with van der Waals surface area (Å²) in [6.45, 7) is 5.29. The average Bonchev–Trinajstić information content (AvgIpc) is 2.49. The van der Waals surface area contributed by atoms with Crippen LogP contribution in [-0.4, -0.2) is 6.61 Å². The average molecular weight is 308 g/mol. The first-order chi connectivity index (χ1) is 10.1. The quantitative estimate of drug-likeness (QED) is 0.833. The lowest BCUT2D eigenvalue weighted by Crippen LogP contribution is -2.19.